The number of hydrogen-bond donors (Lipinski definition) is 0. The van der Waals surface area contributed by atoms with Gasteiger partial charge < -0.3 is 4.74 Å². The van der Waals surface area contributed by atoms with Crippen molar-refractivity contribution >= 4 is 0 Å². The fourth-order valence-corrected chi connectivity index (χ4v) is 5.39. The number of nitrogens with zero attached hydrogens (tertiary/aromatic N) is 2. The van der Waals surface area contributed by atoms with Gasteiger partial charge in [-0.05, 0) is 45.5 Å². The van der Waals surface area contributed by atoms with Gasteiger partial charge in [-0.2, -0.15) is 0 Å². The molecule has 1 fully saturated rings. The van der Waals surface area contributed by atoms with Gasteiger partial charge in [0.25, 0.3) is 0 Å². The minimum Gasteiger partial charge on any atom is -0.489 e. The molecule has 0 saturated carbocycles. The first-order valence-corrected chi connectivity index (χ1v) is 12.3. The van der Waals surface area contributed by atoms with Gasteiger partial charge in [0.2, 0.25) is 0 Å². The van der Waals surface area contributed by atoms with Crippen LogP contribution in [0.25, 0.3) is 11.1 Å². The molecule has 1 saturated heterocycles. The van der Waals surface area contributed by atoms with Crippen LogP contribution in [0.5, 0.6) is 5.75 Å². The van der Waals surface area contributed by atoms with E-state index in [0.717, 1.165) is 38.5 Å². The van der Waals surface area contributed by atoms with E-state index in [4.69, 9.17) is 4.74 Å². The summed E-state index contributed by atoms with van der Waals surface area (Å²) in [6.45, 7) is 5.96. The van der Waals surface area contributed by atoms with Gasteiger partial charge in [0.1, 0.15) is 12.4 Å². The second-order valence-electron chi connectivity index (χ2n) is 9.31. The second-order valence-corrected chi connectivity index (χ2v) is 9.31. The zero-order chi connectivity index (χ0) is 22.7. The van der Waals surface area contributed by atoms with Gasteiger partial charge in [-0.3, -0.25) is 9.80 Å². The molecule has 1 aliphatic carbocycles. The molecule has 4 aromatic rings. The maximum Gasteiger partial charge on any atom is 0.119 e. The minimum atomic E-state index is 0.385. The van der Waals surface area contributed by atoms with E-state index in [2.05, 4.69) is 94.7 Å². The van der Waals surface area contributed by atoms with Crippen molar-refractivity contribution in [2.24, 2.45) is 0 Å². The first-order valence-electron chi connectivity index (χ1n) is 12.3. The Kier molecular flexibility index (Phi) is 5.88. The number of piperazine rings is 1. The van der Waals surface area contributed by atoms with Crippen LogP contribution in [0.3, 0.4) is 0 Å². The van der Waals surface area contributed by atoms with Crippen LogP contribution in [0.4, 0.5) is 0 Å². The topological polar surface area (TPSA) is 15.7 Å². The molecule has 1 heterocycles. The van der Waals surface area contributed by atoms with Crippen molar-refractivity contribution in [1.82, 2.24) is 9.80 Å². The number of benzene rings is 4. The van der Waals surface area contributed by atoms with Gasteiger partial charge in [0.15, 0.2) is 0 Å². The highest BCUT2D eigenvalue weighted by Gasteiger charge is 2.34. The fourth-order valence-electron chi connectivity index (χ4n) is 5.39. The zero-order valence-corrected chi connectivity index (χ0v) is 19.4. The van der Waals surface area contributed by atoms with E-state index in [1.807, 2.05) is 18.2 Å². The van der Waals surface area contributed by atoms with Crippen LogP contribution < -0.4 is 4.74 Å². The first-order chi connectivity index (χ1) is 16.8. The Bertz CT molecular complexity index is 1200. The summed E-state index contributed by atoms with van der Waals surface area (Å²) in [5.41, 5.74) is 8.26. The van der Waals surface area contributed by atoms with Crippen molar-refractivity contribution in [3.8, 4) is 16.9 Å². The molecule has 0 N–H and O–H groups in total. The lowest BCUT2D eigenvalue weighted by Gasteiger charge is -2.38. The van der Waals surface area contributed by atoms with Crippen molar-refractivity contribution in [3.63, 3.8) is 0 Å². The molecular formula is C31H30N2O. The summed E-state index contributed by atoms with van der Waals surface area (Å²) in [6.07, 6.45) is 0. The fraction of sp³-hybridized carbons (Fsp3) is 0.226. The van der Waals surface area contributed by atoms with Crippen LogP contribution in [0, 0.1) is 0 Å². The standard InChI is InChI=1S/C31H30N2O/c1-2-8-25(9-3-1)23-34-26-16-14-24(15-17-26)22-32-18-20-33(21-19-32)31-29-12-6-4-10-27(29)28-11-5-7-13-30(28)31/h1-17,31H,18-23H2. The minimum absolute atomic E-state index is 0.385. The molecule has 0 spiro atoms. The second kappa shape index (κ2) is 9.46. The van der Waals surface area contributed by atoms with Crippen molar-refractivity contribution in [1.29, 1.82) is 0 Å². The average molecular weight is 447 g/mol. The van der Waals surface area contributed by atoms with E-state index < -0.39 is 0 Å². The number of rotatable bonds is 6. The van der Waals surface area contributed by atoms with Crippen molar-refractivity contribution in [2.75, 3.05) is 26.2 Å². The third kappa shape index (κ3) is 4.25. The third-order valence-corrected chi connectivity index (χ3v) is 7.15. The van der Waals surface area contributed by atoms with E-state index in [-0.39, 0.29) is 0 Å². The Morgan fingerprint density at radius 2 is 1.18 bits per heavy atom. The van der Waals surface area contributed by atoms with Crippen LogP contribution in [-0.2, 0) is 13.2 Å². The summed E-state index contributed by atoms with van der Waals surface area (Å²) < 4.78 is 5.95. The predicted molar refractivity (Wildman–Crippen MR) is 138 cm³/mol. The highest BCUT2D eigenvalue weighted by Crippen LogP contribution is 2.46. The number of hydrogen-bond acceptors (Lipinski definition) is 3. The smallest absolute Gasteiger partial charge is 0.119 e. The van der Waals surface area contributed by atoms with Crippen LogP contribution in [-0.4, -0.2) is 36.0 Å². The summed E-state index contributed by atoms with van der Waals surface area (Å²) in [5.74, 6) is 0.927. The summed E-state index contributed by atoms with van der Waals surface area (Å²) in [7, 11) is 0. The first kappa shape index (κ1) is 21.2. The molecule has 6 rings (SSSR count). The Labute approximate surface area is 202 Å². The Balaban J connectivity index is 1.06. The van der Waals surface area contributed by atoms with Gasteiger partial charge in [0, 0.05) is 32.7 Å². The van der Waals surface area contributed by atoms with Gasteiger partial charge in [0.05, 0.1) is 6.04 Å². The lowest BCUT2D eigenvalue weighted by atomic mass is 10.0. The number of ether oxygens (including phenoxy) is 1. The van der Waals surface area contributed by atoms with Crippen molar-refractivity contribution < 1.29 is 4.74 Å². The normalized spacial score (nSPS) is 16.2. The monoisotopic (exact) mass is 446 g/mol. The highest BCUT2D eigenvalue weighted by atomic mass is 16.5. The summed E-state index contributed by atoms with van der Waals surface area (Å²) >= 11 is 0. The average Bonchev–Trinajstić information content (AvgIpc) is 3.24. The molecule has 1 aliphatic heterocycles. The lowest BCUT2D eigenvalue weighted by molar-refractivity contribution is 0.106. The molecule has 3 nitrogen and oxygen atoms in total. The quantitative estimate of drug-likeness (QED) is 0.353. The number of fused-ring (bicyclic) bond motifs is 3. The van der Waals surface area contributed by atoms with E-state index >= 15 is 0 Å². The predicted octanol–water partition coefficient (Wildman–Crippen LogP) is 6.15. The molecule has 3 heteroatoms. The lowest BCUT2D eigenvalue weighted by Crippen LogP contribution is -2.47. The maximum atomic E-state index is 5.95. The van der Waals surface area contributed by atoms with E-state index in [1.165, 1.54) is 33.4 Å². The Hall–Kier alpha value is -3.40. The molecule has 170 valence electrons. The molecular weight excluding hydrogens is 416 g/mol. The van der Waals surface area contributed by atoms with E-state index in [1.54, 1.807) is 0 Å². The molecule has 0 atom stereocenters. The van der Waals surface area contributed by atoms with Crippen LogP contribution >= 0.6 is 0 Å². The molecule has 34 heavy (non-hydrogen) atoms. The third-order valence-electron chi connectivity index (χ3n) is 7.15. The molecule has 0 radical (unpaired) electrons. The molecule has 2 aliphatic rings. The summed E-state index contributed by atoms with van der Waals surface area (Å²) in [5, 5.41) is 0. The maximum absolute atomic E-state index is 5.95. The van der Waals surface area contributed by atoms with Gasteiger partial charge >= 0.3 is 0 Å². The zero-order valence-electron chi connectivity index (χ0n) is 19.4. The molecule has 0 unspecified atom stereocenters. The molecule has 4 aromatic carbocycles. The molecule has 0 amide bonds. The summed E-state index contributed by atoms with van der Waals surface area (Å²) in [6, 6.07) is 37.2. The largest absolute Gasteiger partial charge is 0.489 e. The summed E-state index contributed by atoms with van der Waals surface area (Å²) in [4.78, 5) is 5.24. The van der Waals surface area contributed by atoms with Gasteiger partial charge in [-0.15, -0.1) is 0 Å². The molecule has 0 aromatic heterocycles. The molecule has 0 bridgehead atoms. The Morgan fingerprint density at radius 1 is 0.588 bits per heavy atom. The van der Waals surface area contributed by atoms with E-state index in [9.17, 15) is 0 Å². The van der Waals surface area contributed by atoms with Crippen molar-refractivity contribution in [2.45, 2.75) is 19.2 Å². The van der Waals surface area contributed by atoms with Crippen LogP contribution in [0.2, 0.25) is 0 Å². The highest BCUT2D eigenvalue weighted by molar-refractivity contribution is 5.78. The van der Waals surface area contributed by atoms with Gasteiger partial charge in [-0.1, -0.05) is 91.0 Å². The van der Waals surface area contributed by atoms with E-state index in [0.29, 0.717) is 12.6 Å². The van der Waals surface area contributed by atoms with Crippen molar-refractivity contribution in [3.05, 3.63) is 125 Å². The SMILES string of the molecule is c1ccc(COc2ccc(CN3CCN(C4c5ccccc5-c5ccccc54)CC3)cc2)cc1. The van der Waals surface area contributed by atoms with Crippen LogP contribution in [0.15, 0.2) is 103 Å². The van der Waals surface area contributed by atoms with Gasteiger partial charge in [-0.25, -0.2) is 0 Å². The Morgan fingerprint density at radius 3 is 1.82 bits per heavy atom. The van der Waals surface area contributed by atoms with Crippen LogP contribution in [0.1, 0.15) is 28.3 Å².